The molecule has 0 atom stereocenters. The maximum atomic E-state index is 11.6. The average molecular weight is 265 g/mol. The van der Waals surface area contributed by atoms with Gasteiger partial charge in [-0.3, -0.25) is 10.2 Å². The number of halogens is 1. The monoisotopic (exact) mass is 264 g/mol. The van der Waals surface area contributed by atoms with Crippen LogP contribution in [0.3, 0.4) is 0 Å². The highest BCUT2D eigenvalue weighted by Crippen LogP contribution is 2.32. The van der Waals surface area contributed by atoms with Gasteiger partial charge >= 0.3 is 0 Å². The van der Waals surface area contributed by atoms with Crippen LogP contribution >= 0.6 is 11.6 Å². The van der Waals surface area contributed by atoms with Crippen molar-refractivity contribution < 1.29 is 4.79 Å². The number of benzene rings is 1. The molecule has 0 bridgehead atoms. The van der Waals surface area contributed by atoms with E-state index in [1.807, 2.05) is 24.3 Å². The van der Waals surface area contributed by atoms with E-state index in [1.165, 1.54) is 0 Å². The summed E-state index contributed by atoms with van der Waals surface area (Å²) in [7, 11) is 0. The third kappa shape index (κ3) is 3.26. The minimum absolute atomic E-state index is 0.0102. The molecule has 1 aromatic rings. The molecule has 0 fully saturated rings. The first-order valence-electron chi connectivity index (χ1n) is 5.96. The van der Waals surface area contributed by atoms with Crippen molar-refractivity contribution in [2.24, 2.45) is 5.41 Å². The molecule has 0 spiro atoms. The molecule has 3 nitrogen and oxygen atoms in total. The lowest BCUT2D eigenvalue weighted by Crippen LogP contribution is -2.30. The van der Waals surface area contributed by atoms with Crippen molar-refractivity contribution in [2.75, 3.05) is 5.43 Å². The fourth-order valence-electron chi connectivity index (χ4n) is 2.14. The Morgan fingerprint density at radius 1 is 1.17 bits per heavy atom. The Hall–Kier alpha value is -1.48. The molecule has 0 saturated carbocycles. The molecule has 0 heterocycles. The maximum absolute atomic E-state index is 11.6. The van der Waals surface area contributed by atoms with Crippen molar-refractivity contribution >= 4 is 23.1 Å². The summed E-state index contributed by atoms with van der Waals surface area (Å²) in [5.74, 6) is 0.162. The molecule has 1 aromatic carbocycles. The van der Waals surface area contributed by atoms with Crippen molar-refractivity contribution in [3.8, 4) is 0 Å². The van der Waals surface area contributed by atoms with Crippen LogP contribution in [0, 0.1) is 5.41 Å². The molecule has 0 unspecified atom stereocenters. The predicted octanol–water partition coefficient (Wildman–Crippen LogP) is 3.53. The highest BCUT2D eigenvalue weighted by Gasteiger charge is 2.27. The number of carbonyl (C=O) groups is 1. The number of nitrogens with one attached hydrogen (secondary N) is 2. The lowest BCUT2D eigenvalue weighted by Gasteiger charge is -2.29. The summed E-state index contributed by atoms with van der Waals surface area (Å²) in [5, 5.41) is 0.645. The van der Waals surface area contributed by atoms with E-state index >= 15 is 0 Å². The van der Waals surface area contributed by atoms with Gasteiger partial charge in [0.05, 0.1) is 10.7 Å². The van der Waals surface area contributed by atoms with Crippen LogP contribution in [0.15, 0.2) is 36.0 Å². The number of rotatable bonds is 3. The Morgan fingerprint density at radius 2 is 1.89 bits per heavy atom. The Balaban J connectivity index is 2.03. The van der Waals surface area contributed by atoms with Crippen LogP contribution in [0.1, 0.15) is 26.7 Å². The number of hydrogen-bond donors (Lipinski definition) is 2. The van der Waals surface area contributed by atoms with Gasteiger partial charge in [0.25, 0.3) is 0 Å². The highest BCUT2D eigenvalue weighted by atomic mass is 35.5. The van der Waals surface area contributed by atoms with Gasteiger partial charge in [0.15, 0.2) is 5.78 Å². The number of allylic oxidation sites excluding steroid dienone is 2. The summed E-state index contributed by atoms with van der Waals surface area (Å²) in [6, 6.07) is 7.47. The Bertz CT molecular complexity index is 494. The summed E-state index contributed by atoms with van der Waals surface area (Å²) in [6.07, 6.45) is 3.11. The van der Waals surface area contributed by atoms with Crippen molar-refractivity contribution in [1.29, 1.82) is 0 Å². The van der Waals surface area contributed by atoms with E-state index in [4.69, 9.17) is 11.6 Å². The molecule has 0 amide bonds. The Labute approximate surface area is 112 Å². The quantitative estimate of drug-likeness (QED) is 0.821. The predicted molar refractivity (Wildman–Crippen MR) is 74.3 cm³/mol. The van der Waals surface area contributed by atoms with E-state index in [1.54, 1.807) is 6.08 Å². The molecular formula is C14H17ClN2O. The van der Waals surface area contributed by atoms with E-state index in [0.29, 0.717) is 11.4 Å². The minimum Gasteiger partial charge on any atom is -0.305 e. The molecular weight excluding hydrogens is 248 g/mol. The van der Waals surface area contributed by atoms with E-state index in [-0.39, 0.29) is 11.2 Å². The van der Waals surface area contributed by atoms with Crippen LogP contribution in [0.4, 0.5) is 5.69 Å². The van der Waals surface area contributed by atoms with Crippen LogP contribution in [0.5, 0.6) is 0 Å². The maximum Gasteiger partial charge on any atom is 0.158 e. The Morgan fingerprint density at radius 3 is 2.56 bits per heavy atom. The molecule has 18 heavy (non-hydrogen) atoms. The van der Waals surface area contributed by atoms with E-state index in [0.717, 1.165) is 17.8 Å². The number of carbonyl (C=O) groups excluding carboxylic acids is 1. The summed E-state index contributed by atoms with van der Waals surface area (Å²) in [4.78, 5) is 11.6. The van der Waals surface area contributed by atoms with Gasteiger partial charge in [-0.15, -0.1) is 0 Å². The lowest BCUT2D eigenvalue weighted by atomic mass is 9.79. The van der Waals surface area contributed by atoms with Crippen LogP contribution in [-0.4, -0.2) is 5.78 Å². The summed E-state index contributed by atoms with van der Waals surface area (Å²) < 4.78 is 0. The molecule has 96 valence electrons. The van der Waals surface area contributed by atoms with E-state index in [2.05, 4.69) is 24.7 Å². The number of para-hydroxylation sites is 1. The zero-order chi connectivity index (χ0) is 13.2. The fourth-order valence-corrected chi connectivity index (χ4v) is 2.32. The zero-order valence-electron chi connectivity index (χ0n) is 10.6. The molecule has 0 saturated heterocycles. The third-order valence-corrected chi connectivity index (χ3v) is 3.22. The van der Waals surface area contributed by atoms with Gasteiger partial charge in [0.1, 0.15) is 0 Å². The number of hydrogen-bond acceptors (Lipinski definition) is 3. The fraction of sp³-hybridized carbons (Fsp3) is 0.357. The number of ketones is 1. The summed E-state index contributed by atoms with van der Waals surface area (Å²) in [5.41, 5.74) is 7.82. The second-order valence-corrected chi connectivity index (χ2v) is 5.79. The van der Waals surface area contributed by atoms with Gasteiger partial charge in [-0.05, 0) is 24.0 Å². The normalized spacial score (nSPS) is 18.2. The zero-order valence-corrected chi connectivity index (χ0v) is 11.3. The highest BCUT2D eigenvalue weighted by molar-refractivity contribution is 6.33. The molecule has 1 aliphatic rings. The third-order valence-electron chi connectivity index (χ3n) is 2.89. The Kier molecular flexibility index (Phi) is 3.62. The number of anilines is 1. The van der Waals surface area contributed by atoms with Gasteiger partial charge in [-0.1, -0.05) is 37.6 Å². The van der Waals surface area contributed by atoms with Crippen molar-refractivity contribution in [2.45, 2.75) is 26.7 Å². The smallest absolute Gasteiger partial charge is 0.158 e. The molecule has 4 heteroatoms. The first-order chi connectivity index (χ1) is 8.46. The summed E-state index contributed by atoms with van der Waals surface area (Å²) in [6.45, 7) is 4.18. The van der Waals surface area contributed by atoms with Crippen molar-refractivity contribution in [3.05, 3.63) is 41.1 Å². The standard InChI is InChI=1S/C14H17ClN2O/c1-14(2)8-10(7-11(18)9-14)16-17-13-6-4-3-5-12(13)15/h3-7,16-17H,8-9H2,1-2H3. The second kappa shape index (κ2) is 5.02. The first kappa shape index (κ1) is 13.0. The molecule has 0 aliphatic heterocycles. The van der Waals surface area contributed by atoms with Crippen LogP contribution in [-0.2, 0) is 4.79 Å². The van der Waals surface area contributed by atoms with Crippen LogP contribution in [0.2, 0.25) is 5.02 Å². The summed E-state index contributed by atoms with van der Waals surface area (Å²) >= 11 is 6.04. The van der Waals surface area contributed by atoms with Gasteiger partial charge in [0, 0.05) is 18.2 Å². The molecule has 1 aliphatic carbocycles. The van der Waals surface area contributed by atoms with Gasteiger partial charge in [0.2, 0.25) is 0 Å². The minimum atomic E-state index is 0.0102. The molecule has 0 radical (unpaired) electrons. The molecule has 0 aromatic heterocycles. The molecule has 2 rings (SSSR count). The SMILES string of the molecule is CC1(C)CC(=O)C=C(NNc2ccccc2Cl)C1. The van der Waals surface area contributed by atoms with E-state index in [9.17, 15) is 4.79 Å². The topological polar surface area (TPSA) is 41.1 Å². The second-order valence-electron chi connectivity index (χ2n) is 5.38. The lowest BCUT2D eigenvalue weighted by molar-refractivity contribution is -0.117. The van der Waals surface area contributed by atoms with Crippen LogP contribution in [0.25, 0.3) is 0 Å². The van der Waals surface area contributed by atoms with E-state index < -0.39 is 0 Å². The van der Waals surface area contributed by atoms with Gasteiger partial charge < -0.3 is 5.43 Å². The van der Waals surface area contributed by atoms with Crippen molar-refractivity contribution in [1.82, 2.24) is 5.43 Å². The largest absolute Gasteiger partial charge is 0.305 e. The van der Waals surface area contributed by atoms with Crippen LogP contribution < -0.4 is 10.9 Å². The number of hydrazine groups is 1. The van der Waals surface area contributed by atoms with Crippen molar-refractivity contribution in [3.63, 3.8) is 0 Å². The first-order valence-corrected chi connectivity index (χ1v) is 6.34. The average Bonchev–Trinajstić information content (AvgIpc) is 2.25. The van der Waals surface area contributed by atoms with Gasteiger partial charge in [-0.2, -0.15) is 0 Å². The van der Waals surface area contributed by atoms with Gasteiger partial charge in [-0.25, -0.2) is 0 Å². The molecule has 2 N–H and O–H groups in total.